The molecule has 0 radical (unpaired) electrons. The summed E-state index contributed by atoms with van der Waals surface area (Å²) in [5.41, 5.74) is 1.57. The molecule has 0 bridgehead atoms. The summed E-state index contributed by atoms with van der Waals surface area (Å²) in [6.07, 6.45) is 1.69. The quantitative estimate of drug-likeness (QED) is 0.880. The van der Waals surface area contributed by atoms with E-state index in [1.807, 2.05) is 31.3 Å². The van der Waals surface area contributed by atoms with Crippen molar-refractivity contribution in [3.8, 4) is 5.75 Å². The molecular weight excluding hydrogens is 231 g/mol. The van der Waals surface area contributed by atoms with E-state index in [4.69, 9.17) is 4.74 Å². The first-order valence-corrected chi connectivity index (χ1v) is 5.76. The summed E-state index contributed by atoms with van der Waals surface area (Å²) in [5, 5.41) is 2.99. The maximum atomic E-state index is 13.7. The van der Waals surface area contributed by atoms with Crippen molar-refractivity contribution in [2.24, 2.45) is 0 Å². The lowest BCUT2D eigenvalue weighted by molar-refractivity contribution is 0.282. The lowest BCUT2D eigenvalue weighted by Crippen LogP contribution is -2.09. The van der Waals surface area contributed by atoms with E-state index in [0.29, 0.717) is 6.54 Å². The fraction of sp³-hybridized carbons (Fsp3) is 0.214. The maximum Gasteiger partial charge on any atom is 0.165 e. The van der Waals surface area contributed by atoms with Crippen LogP contribution in [0.25, 0.3) is 0 Å². The molecule has 0 aliphatic heterocycles. The Kier molecular flexibility index (Phi) is 4.25. The molecule has 0 unspecified atom stereocenters. The Morgan fingerprint density at radius 2 is 2.11 bits per heavy atom. The van der Waals surface area contributed by atoms with Crippen molar-refractivity contribution in [3.63, 3.8) is 0 Å². The van der Waals surface area contributed by atoms with Crippen molar-refractivity contribution in [1.29, 1.82) is 0 Å². The van der Waals surface area contributed by atoms with Gasteiger partial charge >= 0.3 is 0 Å². The second-order valence-electron chi connectivity index (χ2n) is 3.87. The Morgan fingerprint density at radius 3 is 2.83 bits per heavy atom. The zero-order valence-electron chi connectivity index (χ0n) is 10.2. The minimum atomic E-state index is -0.348. The molecule has 2 rings (SSSR count). The molecule has 0 saturated carbocycles. The third-order valence-corrected chi connectivity index (χ3v) is 2.51. The molecule has 0 aliphatic rings. The number of halogens is 1. The largest absolute Gasteiger partial charge is 0.484 e. The van der Waals surface area contributed by atoms with Gasteiger partial charge < -0.3 is 10.1 Å². The number of pyridine rings is 1. The van der Waals surface area contributed by atoms with E-state index in [0.717, 1.165) is 11.3 Å². The van der Waals surface area contributed by atoms with Crippen LogP contribution in [-0.2, 0) is 13.2 Å². The first-order valence-electron chi connectivity index (χ1n) is 5.76. The number of rotatable bonds is 5. The summed E-state index contributed by atoms with van der Waals surface area (Å²) in [5.74, 6) is -0.0591. The average molecular weight is 246 g/mol. The van der Waals surface area contributed by atoms with Crippen molar-refractivity contribution in [2.45, 2.75) is 13.2 Å². The molecule has 94 valence electrons. The number of nitrogens with zero attached hydrogens (tertiary/aromatic N) is 1. The molecule has 1 N–H and O–H groups in total. The van der Waals surface area contributed by atoms with Gasteiger partial charge in [0.2, 0.25) is 0 Å². The molecule has 2 aromatic rings. The predicted molar refractivity (Wildman–Crippen MR) is 67.7 cm³/mol. The van der Waals surface area contributed by atoms with Gasteiger partial charge in [-0.1, -0.05) is 18.2 Å². The number of nitrogens with one attached hydrogen (secondary N) is 1. The number of hydrogen-bond donors (Lipinski definition) is 1. The van der Waals surface area contributed by atoms with Gasteiger partial charge in [0.25, 0.3) is 0 Å². The number of benzene rings is 1. The summed E-state index contributed by atoms with van der Waals surface area (Å²) in [4.78, 5) is 4.14. The van der Waals surface area contributed by atoms with E-state index in [2.05, 4.69) is 10.3 Å². The first-order chi connectivity index (χ1) is 8.81. The van der Waals surface area contributed by atoms with Gasteiger partial charge in [0.15, 0.2) is 11.6 Å². The Balaban J connectivity index is 2.13. The van der Waals surface area contributed by atoms with Gasteiger partial charge in [-0.2, -0.15) is 0 Å². The van der Waals surface area contributed by atoms with E-state index >= 15 is 0 Å². The molecule has 18 heavy (non-hydrogen) atoms. The Bertz CT molecular complexity index is 502. The molecule has 0 spiro atoms. The molecule has 0 amide bonds. The van der Waals surface area contributed by atoms with Crippen molar-refractivity contribution < 1.29 is 9.13 Å². The highest BCUT2D eigenvalue weighted by molar-refractivity contribution is 5.35. The topological polar surface area (TPSA) is 34.1 Å². The standard InChI is InChI=1S/C14H15FN2O/c1-16-9-11-5-4-7-13(15)14(11)18-10-12-6-2-3-8-17-12/h2-8,16H,9-10H2,1H3. The molecule has 0 aliphatic carbocycles. The number of hydrogen-bond acceptors (Lipinski definition) is 3. The molecule has 1 aromatic heterocycles. The zero-order chi connectivity index (χ0) is 12.8. The zero-order valence-corrected chi connectivity index (χ0v) is 10.2. The van der Waals surface area contributed by atoms with Crippen LogP contribution in [0.4, 0.5) is 4.39 Å². The van der Waals surface area contributed by atoms with Crippen LogP contribution in [0.2, 0.25) is 0 Å². The van der Waals surface area contributed by atoms with Crippen LogP contribution in [0.5, 0.6) is 5.75 Å². The Labute approximate surface area is 106 Å². The minimum Gasteiger partial charge on any atom is -0.484 e. The highest BCUT2D eigenvalue weighted by Gasteiger charge is 2.09. The van der Waals surface area contributed by atoms with E-state index < -0.39 is 0 Å². The normalized spacial score (nSPS) is 10.3. The van der Waals surface area contributed by atoms with E-state index in [1.165, 1.54) is 6.07 Å². The predicted octanol–water partition coefficient (Wildman–Crippen LogP) is 2.52. The Morgan fingerprint density at radius 1 is 1.22 bits per heavy atom. The maximum absolute atomic E-state index is 13.7. The van der Waals surface area contributed by atoms with Gasteiger partial charge in [-0.05, 0) is 25.2 Å². The fourth-order valence-electron chi connectivity index (χ4n) is 1.67. The molecule has 3 nitrogen and oxygen atoms in total. The monoisotopic (exact) mass is 246 g/mol. The van der Waals surface area contributed by atoms with Crippen LogP contribution in [0.3, 0.4) is 0 Å². The van der Waals surface area contributed by atoms with Gasteiger partial charge in [-0.25, -0.2) is 4.39 Å². The smallest absolute Gasteiger partial charge is 0.165 e. The lowest BCUT2D eigenvalue weighted by Gasteiger charge is -2.11. The number of ether oxygens (including phenoxy) is 1. The average Bonchev–Trinajstić information content (AvgIpc) is 2.40. The SMILES string of the molecule is CNCc1cccc(F)c1OCc1ccccn1. The van der Waals surface area contributed by atoms with Gasteiger partial charge in [0.1, 0.15) is 6.61 Å². The van der Waals surface area contributed by atoms with Crippen LogP contribution in [0.15, 0.2) is 42.6 Å². The third-order valence-electron chi connectivity index (χ3n) is 2.51. The van der Waals surface area contributed by atoms with Crippen LogP contribution in [0, 0.1) is 5.82 Å². The number of aromatic nitrogens is 1. The minimum absolute atomic E-state index is 0.262. The molecule has 0 fully saturated rings. The fourth-order valence-corrected chi connectivity index (χ4v) is 1.67. The lowest BCUT2D eigenvalue weighted by atomic mass is 10.2. The van der Waals surface area contributed by atoms with Crippen LogP contribution >= 0.6 is 0 Å². The van der Waals surface area contributed by atoms with Gasteiger partial charge in [-0.15, -0.1) is 0 Å². The van der Waals surface area contributed by atoms with Crippen LogP contribution in [-0.4, -0.2) is 12.0 Å². The van der Waals surface area contributed by atoms with Crippen molar-refractivity contribution >= 4 is 0 Å². The molecule has 4 heteroatoms. The summed E-state index contributed by atoms with van der Waals surface area (Å²) < 4.78 is 19.2. The second-order valence-corrected chi connectivity index (χ2v) is 3.87. The van der Waals surface area contributed by atoms with Crippen LogP contribution < -0.4 is 10.1 Å². The van der Waals surface area contributed by atoms with E-state index in [9.17, 15) is 4.39 Å². The molecule has 0 atom stereocenters. The van der Waals surface area contributed by atoms with Crippen LogP contribution in [0.1, 0.15) is 11.3 Å². The van der Waals surface area contributed by atoms with Gasteiger partial charge in [0, 0.05) is 18.3 Å². The summed E-state index contributed by atoms with van der Waals surface area (Å²) in [7, 11) is 1.81. The van der Waals surface area contributed by atoms with Crippen molar-refractivity contribution in [2.75, 3.05) is 7.05 Å². The van der Waals surface area contributed by atoms with Crippen molar-refractivity contribution in [1.82, 2.24) is 10.3 Å². The molecule has 1 heterocycles. The summed E-state index contributed by atoms with van der Waals surface area (Å²) in [6, 6.07) is 10.5. The van der Waals surface area contributed by atoms with Gasteiger partial charge in [-0.3, -0.25) is 4.98 Å². The van der Waals surface area contributed by atoms with E-state index in [1.54, 1.807) is 12.3 Å². The van der Waals surface area contributed by atoms with E-state index in [-0.39, 0.29) is 18.2 Å². The molecular formula is C14H15FN2O. The molecule has 0 saturated heterocycles. The summed E-state index contributed by atoms with van der Waals surface area (Å²) >= 11 is 0. The highest BCUT2D eigenvalue weighted by Crippen LogP contribution is 2.23. The van der Waals surface area contributed by atoms with Crippen molar-refractivity contribution in [3.05, 3.63) is 59.7 Å². The molecule has 1 aromatic carbocycles. The summed E-state index contributed by atoms with van der Waals surface area (Å²) in [6.45, 7) is 0.827. The second kappa shape index (κ2) is 6.12. The first kappa shape index (κ1) is 12.5. The Hall–Kier alpha value is -1.94. The number of para-hydroxylation sites is 1. The highest BCUT2D eigenvalue weighted by atomic mass is 19.1. The third kappa shape index (κ3) is 3.05. The van der Waals surface area contributed by atoms with Gasteiger partial charge in [0.05, 0.1) is 5.69 Å².